The third-order valence-electron chi connectivity index (χ3n) is 7.50. The van der Waals surface area contributed by atoms with E-state index in [0.29, 0.717) is 23.0 Å². The molecule has 2 fully saturated rings. The van der Waals surface area contributed by atoms with Crippen LogP contribution in [0.3, 0.4) is 0 Å². The Hall–Kier alpha value is -3.71. The molecule has 4 atom stereocenters. The summed E-state index contributed by atoms with van der Waals surface area (Å²) in [7, 11) is -8.19. The average Bonchev–Trinajstić information content (AvgIpc) is 3.51. The highest BCUT2D eigenvalue weighted by Crippen LogP contribution is 2.32. The fraction of sp³-hybridized carbons (Fsp3) is 0.444. The largest absolute Gasteiger partial charge is 0.490 e. The molecule has 1 amide bonds. The second kappa shape index (κ2) is 13.2. The Morgan fingerprint density at radius 1 is 1.04 bits per heavy atom. The predicted octanol–water partition coefficient (Wildman–Crippen LogP) is 3.43. The highest BCUT2D eigenvalue weighted by molar-refractivity contribution is 7.90. The monoisotopic (exact) mass is 698 g/mol. The maximum absolute atomic E-state index is 13.2. The van der Waals surface area contributed by atoms with Crippen LogP contribution in [0.4, 0.5) is 26.3 Å². The lowest BCUT2D eigenvalue weighted by atomic mass is 9.92. The van der Waals surface area contributed by atoms with E-state index in [0.717, 1.165) is 43.9 Å². The molecular weight excluding hydrogens is 670 g/mol. The van der Waals surface area contributed by atoms with Crippen LogP contribution in [-0.2, 0) is 42.2 Å². The van der Waals surface area contributed by atoms with Gasteiger partial charge >= 0.3 is 18.3 Å². The topological polar surface area (TPSA) is 171 Å². The van der Waals surface area contributed by atoms with Crippen LogP contribution in [0.5, 0.6) is 0 Å². The second-order valence-electron chi connectivity index (χ2n) is 10.8. The average molecular weight is 699 g/mol. The zero-order chi connectivity index (χ0) is 34.1. The molecule has 0 spiro atoms. The van der Waals surface area contributed by atoms with Crippen LogP contribution in [-0.4, -0.2) is 64.0 Å². The number of amides is 1. The number of aliphatic imine (C=N–C) groups is 1. The minimum atomic E-state index is -5.08. The van der Waals surface area contributed by atoms with Crippen molar-refractivity contribution in [1.29, 1.82) is 0 Å². The molecule has 1 saturated heterocycles. The molecule has 3 aliphatic rings. The van der Waals surface area contributed by atoms with E-state index >= 15 is 0 Å². The molecule has 2 aromatic carbocycles. The van der Waals surface area contributed by atoms with Gasteiger partial charge in [0.25, 0.3) is 0 Å². The van der Waals surface area contributed by atoms with Gasteiger partial charge in [-0.3, -0.25) is 14.5 Å². The molecule has 0 aromatic heterocycles. The van der Waals surface area contributed by atoms with Crippen LogP contribution in [0.2, 0.25) is 0 Å². The van der Waals surface area contributed by atoms with E-state index in [1.54, 1.807) is 24.3 Å². The summed E-state index contributed by atoms with van der Waals surface area (Å²) in [6.45, 7) is 0. The van der Waals surface area contributed by atoms with Gasteiger partial charge in [-0.25, -0.2) is 26.4 Å². The van der Waals surface area contributed by atoms with Gasteiger partial charge in [0.1, 0.15) is 11.1 Å². The van der Waals surface area contributed by atoms with Crippen LogP contribution in [0.25, 0.3) is 0 Å². The summed E-state index contributed by atoms with van der Waals surface area (Å²) < 4.78 is 127. The molecule has 1 aliphatic carbocycles. The number of benzene rings is 2. The van der Waals surface area contributed by atoms with Gasteiger partial charge in [-0.2, -0.15) is 26.3 Å². The molecule has 2 heterocycles. The first-order chi connectivity index (χ1) is 21.3. The lowest BCUT2D eigenvalue weighted by molar-refractivity contribution is -0.192. The number of carbonyl (C=O) groups is 2. The lowest BCUT2D eigenvalue weighted by Crippen LogP contribution is -2.48. The van der Waals surface area contributed by atoms with Crippen molar-refractivity contribution in [1.82, 2.24) is 14.8 Å². The van der Waals surface area contributed by atoms with Crippen LogP contribution in [0.15, 0.2) is 58.4 Å². The number of rotatable bonds is 7. The number of nitrogens with zero attached hydrogens (tertiary/aromatic N) is 1. The number of carbonyl (C=O) groups excluding carboxylic acids is 1. The Balaban J connectivity index is 0.000000617. The number of fused-ring (bicyclic) bond motifs is 1. The highest BCUT2D eigenvalue weighted by Gasteiger charge is 2.39. The van der Waals surface area contributed by atoms with Gasteiger partial charge in [-0.1, -0.05) is 43.2 Å². The molecule has 0 radical (unpaired) electrons. The van der Waals surface area contributed by atoms with Crippen molar-refractivity contribution < 1.29 is 57.9 Å². The number of amidine groups is 1. The molecule has 4 N–H and O–H groups in total. The van der Waals surface area contributed by atoms with E-state index < -0.39 is 66.0 Å². The van der Waals surface area contributed by atoms with E-state index in [4.69, 9.17) is 14.9 Å². The van der Waals surface area contributed by atoms with Gasteiger partial charge in [0.15, 0.2) is 0 Å². The Bertz CT molecular complexity index is 1710. The quantitative estimate of drug-likeness (QED) is 0.319. The van der Waals surface area contributed by atoms with Crippen LogP contribution >= 0.6 is 0 Å². The second-order valence-corrected chi connectivity index (χ2v) is 14.4. The SMILES string of the molecule is O=C(O)C(F)(F)F.O=C1CC(c2ccc(CC(NS(=O)(=O)c3cccc(C(F)(F)F)c3)C3=N[C@@H]4CCCC[C@H]4N3)cc2)S(=O)(=O)N1. The molecular formula is C27H28F6N4O7S2. The van der Waals surface area contributed by atoms with Crippen molar-refractivity contribution >= 4 is 37.8 Å². The molecule has 2 aromatic rings. The Morgan fingerprint density at radius 3 is 2.22 bits per heavy atom. The number of hydrogen-bond acceptors (Lipinski definition) is 8. The number of alkyl halides is 6. The van der Waals surface area contributed by atoms with Gasteiger partial charge in [0, 0.05) is 6.04 Å². The number of hydrogen-bond donors (Lipinski definition) is 4. The van der Waals surface area contributed by atoms with Crippen LogP contribution in [0.1, 0.15) is 54.0 Å². The summed E-state index contributed by atoms with van der Waals surface area (Å²) in [4.78, 5) is 24.7. The van der Waals surface area contributed by atoms with E-state index in [1.807, 2.05) is 4.72 Å². The first-order valence-corrected chi connectivity index (χ1v) is 16.8. The maximum Gasteiger partial charge on any atom is 0.490 e. The van der Waals surface area contributed by atoms with Crippen LogP contribution < -0.4 is 14.8 Å². The molecule has 11 nitrogen and oxygen atoms in total. The third-order valence-corrected chi connectivity index (χ3v) is 10.7. The molecule has 5 rings (SSSR count). The Labute approximate surface area is 259 Å². The van der Waals surface area contributed by atoms with Crippen LogP contribution in [0, 0.1) is 0 Å². The van der Waals surface area contributed by atoms with Crippen molar-refractivity contribution in [2.45, 2.75) is 79.1 Å². The Morgan fingerprint density at radius 2 is 1.67 bits per heavy atom. The first kappa shape index (κ1) is 35.1. The smallest absolute Gasteiger partial charge is 0.475 e. The van der Waals surface area contributed by atoms with Crippen molar-refractivity contribution in [2.75, 3.05) is 0 Å². The molecule has 252 valence electrons. The molecule has 2 aliphatic heterocycles. The summed E-state index contributed by atoms with van der Waals surface area (Å²) in [6.07, 6.45) is -6.12. The minimum Gasteiger partial charge on any atom is -0.475 e. The number of sulfonamides is 2. The maximum atomic E-state index is 13.2. The molecule has 46 heavy (non-hydrogen) atoms. The van der Waals surface area contributed by atoms with E-state index in [1.165, 1.54) is 0 Å². The van der Waals surface area contributed by atoms with E-state index in [2.05, 4.69) is 10.0 Å². The fourth-order valence-electron chi connectivity index (χ4n) is 5.27. The zero-order valence-electron chi connectivity index (χ0n) is 23.6. The van der Waals surface area contributed by atoms with Gasteiger partial charge in [0.2, 0.25) is 26.0 Å². The van der Waals surface area contributed by atoms with Gasteiger partial charge in [-0.15, -0.1) is 0 Å². The molecule has 1 saturated carbocycles. The summed E-state index contributed by atoms with van der Waals surface area (Å²) in [5, 5.41) is 9.42. The van der Waals surface area contributed by atoms with E-state index in [-0.39, 0.29) is 24.9 Å². The van der Waals surface area contributed by atoms with E-state index in [9.17, 15) is 48.0 Å². The summed E-state index contributed by atoms with van der Waals surface area (Å²) >= 11 is 0. The Kier molecular flexibility index (Phi) is 10.1. The molecule has 2 unspecified atom stereocenters. The van der Waals surface area contributed by atoms with Gasteiger partial charge in [-0.05, 0) is 48.6 Å². The number of carboxylic acids is 1. The van der Waals surface area contributed by atoms with Crippen molar-refractivity contribution in [2.24, 2.45) is 4.99 Å². The van der Waals surface area contributed by atoms with Gasteiger partial charge in [0.05, 0.1) is 29.0 Å². The summed E-state index contributed by atoms with van der Waals surface area (Å²) in [6, 6.07) is 9.12. The first-order valence-electron chi connectivity index (χ1n) is 13.7. The van der Waals surface area contributed by atoms with Gasteiger partial charge < -0.3 is 10.4 Å². The molecule has 0 bridgehead atoms. The zero-order valence-corrected chi connectivity index (χ0v) is 25.2. The number of halogens is 6. The van der Waals surface area contributed by atoms with Crippen molar-refractivity contribution in [3.05, 3.63) is 65.2 Å². The normalized spacial score (nSPS) is 23.2. The standard InChI is InChI=1S/C25H27F3N4O5S2.C2HF3O2/c26-25(27,28)17-4-3-5-18(13-17)38(34,35)31-21(24-29-19-6-1-2-7-20(19)30-24)12-15-8-10-16(11-9-15)22-14-23(33)32-39(22,36)37;3-2(4,5)1(6)7/h3-5,8-11,13,19-22,31H,1-2,6-7,12,14H2,(H,29,30)(H,32,33);(H,6,7)/t19-,20-,21?,22?;/m1./s1. The summed E-state index contributed by atoms with van der Waals surface area (Å²) in [5.41, 5.74) is -0.0141. The van der Waals surface area contributed by atoms with Crippen molar-refractivity contribution in [3.63, 3.8) is 0 Å². The molecule has 19 heteroatoms. The fourth-order valence-corrected chi connectivity index (χ4v) is 7.94. The number of aliphatic carboxylic acids is 1. The highest BCUT2D eigenvalue weighted by atomic mass is 32.2. The number of nitrogens with one attached hydrogen (secondary N) is 3. The number of carboxylic acid groups (broad SMARTS) is 1. The predicted molar refractivity (Wildman–Crippen MR) is 150 cm³/mol. The third kappa shape index (κ3) is 8.55. The minimum absolute atomic E-state index is 0.00528. The van der Waals surface area contributed by atoms with Crippen molar-refractivity contribution in [3.8, 4) is 0 Å². The summed E-state index contributed by atoms with van der Waals surface area (Å²) in [5.74, 6) is -2.92. The lowest BCUT2D eigenvalue weighted by Gasteiger charge is -2.24.